The van der Waals surface area contributed by atoms with E-state index in [0.29, 0.717) is 11.8 Å². The van der Waals surface area contributed by atoms with Gasteiger partial charge in [-0.25, -0.2) is 0 Å². The van der Waals surface area contributed by atoms with Crippen LogP contribution in [0, 0.1) is 0 Å². The van der Waals surface area contributed by atoms with E-state index >= 15 is 0 Å². The fourth-order valence-electron chi connectivity index (χ4n) is 11.7. The highest BCUT2D eigenvalue weighted by molar-refractivity contribution is 7.01. The summed E-state index contributed by atoms with van der Waals surface area (Å²) >= 11 is 0. The number of fused-ring (bicyclic) bond motifs is 6. The first-order valence-electron chi connectivity index (χ1n) is 24.3. The van der Waals surface area contributed by atoms with Gasteiger partial charge in [-0.2, -0.15) is 0 Å². The van der Waals surface area contributed by atoms with Crippen LogP contribution in [0.25, 0.3) is 54.6 Å². The van der Waals surface area contributed by atoms with Crippen molar-refractivity contribution < 1.29 is 0 Å². The molecule has 0 saturated carbocycles. The van der Waals surface area contributed by atoms with Gasteiger partial charge in [0.2, 0.25) is 13.4 Å². The van der Waals surface area contributed by atoms with Crippen LogP contribution in [0.2, 0.25) is 0 Å². The van der Waals surface area contributed by atoms with Crippen molar-refractivity contribution in [1.82, 2.24) is 0 Å². The molecule has 322 valence electrons. The van der Waals surface area contributed by atoms with Gasteiger partial charge in [0.25, 0.3) is 0 Å². The molecule has 8 aromatic rings. The quantitative estimate of drug-likeness (QED) is 0.122. The van der Waals surface area contributed by atoms with Gasteiger partial charge in [-0.05, 0) is 121 Å². The van der Waals surface area contributed by atoms with Gasteiger partial charge in [0.15, 0.2) is 0 Å². The zero-order valence-corrected chi connectivity index (χ0v) is 41.7. The molecule has 64 heavy (non-hydrogen) atoms. The van der Waals surface area contributed by atoms with E-state index in [1.165, 1.54) is 121 Å². The Kier molecular flexibility index (Phi) is 9.52. The second-order valence-corrected chi connectivity index (χ2v) is 24.6. The predicted molar refractivity (Wildman–Crippen MR) is 286 cm³/mol. The third kappa shape index (κ3) is 6.55. The lowest BCUT2D eigenvalue weighted by molar-refractivity contribution is 0.590. The molecule has 2 aliphatic heterocycles. The fraction of sp³-hybridized carbons (Fsp3) is 0.355. The zero-order chi connectivity index (χ0) is 45.7. The van der Waals surface area contributed by atoms with Gasteiger partial charge in [-0.3, -0.25) is 0 Å². The molecule has 2 heteroatoms. The monoisotopic (exact) mass is 835 g/mol. The van der Waals surface area contributed by atoms with Gasteiger partial charge in [-0.15, -0.1) is 0 Å². The van der Waals surface area contributed by atoms with Gasteiger partial charge < -0.3 is 0 Å². The Labute approximate surface area is 385 Å². The van der Waals surface area contributed by atoms with Crippen LogP contribution in [0.15, 0.2) is 109 Å². The standard InChI is InChI=1S/C62H68B2/c1-35(2)49-34-54(63-50-30-38(59(5,6)7)18-23-42(50)43-24-19-39(31-51(43)63)60(8,9)10)47-22-17-37-29-55(56(36(3)4)48-28-27-46(49)58(47)57(37)48)64-52-32-40(61(11,12)13)20-25-44(52)45-26-21-41(33-53(45)64)62(14,15)16/h17-36H,1-16H3. The summed E-state index contributed by atoms with van der Waals surface area (Å²) in [5.41, 5.74) is 23.0. The largest absolute Gasteiger partial charge is 0.243 e. The minimum Gasteiger partial charge on any atom is -0.0640 e. The van der Waals surface area contributed by atoms with E-state index in [2.05, 4.69) is 220 Å². The highest BCUT2D eigenvalue weighted by Gasteiger charge is 2.40. The molecule has 0 bridgehead atoms. The van der Waals surface area contributed by atoms with Gasteiger partial charge in [0.05, 0.1) is 0 Å². The van der Waals surface area contributed by atoms with Crippen LogP contribution in [-0.2, 0) is 21.7 Å². The van der Waals surface area contributed by atoms with Crippen LogP contribution in [0.1, 0.15) is 156 Å². The molecule has 0 amide bonds. The van der Waals surface area contributed by atoms with E-state index in [1.54, 1.807) is 0 Å². The molecule has 8 aromatic carbocycles. The minimum absolute atomic E-state index is 0.0462. The summed E-state index contributed by atoms with van der Waals surface area (Å²) in [4.78, 5) is 0. The lowest BCUT2D eigenvalue weighted by Crippen LogP contribution is -2.51. The van der Waals surface area contributed by atoms with Crippen molar-refractivity contribution in [3.63, 3.8) is 0 Å². The van der Waals surface area contributed by atoms with Crippen molar-refractivity contribution in [2.45, 2.75) is 144 Å². The van der Waals surface area contributed by atoms with Crippen molar-refractivity contribution in [2.75, 3.05) is 0 Å². The summed E-state index contributed by atoms with van der Waals surface area (Å²) in [6.45, 7) is 38.2. The summed E-state index contributed by atoms with van der Waals surface area (Å²) in [6, 6.07) is 44.7. The lowest BCUT2D eigenvalue weighted by Gasteiger charge is -2.27. The number of hydrogen-bond acceptors (Lipinski definition) is 0. The first-order valence-corrected chi connectivity index (χ1v) is 24.3. The Hall–Kier alpha value is -5.07. The van der Waals surface area contributed by atoms with E-state index in [9.17, 15) is 0 Å². The first-order chi connectivity index (χ1) is 29.9. The Balaban J connectivity index is 1.29. The Morgan fingerprint density at radius 2 is 0.703 bits per heavy atom. The van der Waals surface area contributed by atoms with Crippen molar-refractivity contribution in [3.05, 3.63) is 143 Å². The normalized spacial score (nSPS) is 14.2. The molecule has 0 saturated heterocycles. The van der Waals surface area contributed by atoms with Gasteiger partial charge in [0.1, 0.15) is 0 Å². The van der Waals surface area contributed by atoms with Crippen LogP contribution in [0.3, 0.4) is 0 Å². The van der Waals surface area contributed by atoms with E-state index in [0.717, 1.165) is 0 Å². The van der Waals surface area contributed by atoms with Gasteiger partial charge >= 0.3 is 0 Å². The highest BCUT2D eigenvalue weighted by atomic mass is 14.3. The van der Waals surface area contributed by atoms with Crippen LogP contribution in [0.5, 0.6) is 0 Å². The second kappa shape index (κ2) is 14.2. The van der Waals surface area contributed by atoms with E-state index in [1.807, 2.05) is 0 Å². The summed E-state index contributed by atoms with van der Waals surface area (Å²) < 4.78 is 0. The Bertz CT molecular complexity index is 3070. The maximum Gasteiger partial charge on any atom is 0.243 e. The molecule has 0 spiro atoms. The summed E-state index contributed by atoms with van der Waals surface area (Å²) in [5.74, 6) is 0.694. The predicted octanol–water partition coefficient (Wildman–Crippen LogP) is 13.0. The minimum atomic E-state index is 0.0462. The molecular weight excluding hydrogens is 766 g/mol. The van der Waals surface area contributed by atoms with Crippen LogP contribution in [0.4, 0.5) is 0 Å². The van der Waals surface area contributed by atoms with E-state index < -0.39 is 0 Å². The number of benzene rings is 8. The molecule has 0 nitrogen and oxygen atoms in total. The van der Waals surface area contributed by atoms with Gasteiger partial charge in [0, 0.05) is 0 Å². The number of hydrogen-bond donors (Lipinski definition) is 0. The third-order valence-electron chi connectivity index (χ3n) is 15.4. The van der Waals surface area contributed by atoms with Crippen molar-refractivity contribution in [1.29, 1.82) is 0 Å². The summed E-state index contributed by atoms with van der Waals surface area (Å²) in [5, 5.41) is 8.44. The first kappa shape index (κ1) is 42.9. The van der Waals surface area contributed by atoms with Crippen LogP contribution in [-0.4, -0.2) is 13.4 Å². The number of rotatable bonds is 4. The van der Waals surface area contributed by atoms with E-state index in [-0.39, 0.29) is 35.1 Å². The molecule has 0 fully saturated rings. The van der Waals surface area contributed by atoms with E-state index in [4.69, 9.17) is 0 Å². The molecule has 0 radical (unpaired) electrons. The van der Waals surface area contributed by atoms with Gasteiger partial charge in [-0.1, -0.05) is 253 Å². The molecule has 0 unspecified atom stereocenters. The average Bonchev–Trinajstić information content (AvgIpc) is 3.72. The fourth-order valence-corrected chi connectivity index (χ4v) is 11.7. The van der Waals surface area contributed by atoms with Crippen molar-refractivity contribution in [2.24, 2.45) is 0 Å². The molecule has 2 heterocycles. The molecule has 10 rings (SSSR count). The Morgan fingerprint density at radius 1 is 0.328 bits per heavy atom. The maximum atomic E-state index is 2.63. The molecule has 2 aliphatic rings. The van der Waals surface area contributed by atoms with Crippen molar-refractivity contribution >= 4 is 78.5 Å². The lowest BCUT2D eigenvalue weighted by atomic mass is 9.37. The third-order valence-corrected chi connectivity index (χ3v) is 15.4. The molecule has 0 N–H and O–H groups in total. The average molecular weight is 835 g/mol. The smallest absolute Gasteiger partial charge is 0.0640 e. The second-order valence-electron chi connectivity index (χ2n) is 24.6. The summed E-state index contributed by atoms with van der Waals surface area (Å²) in [7, 11) is 0. The maximum absolute atomic E-state index is 2.63. The molecule has 0 aromatic heterocycles. The zero-order valence-electron chi connectivity index (χ0n) is 41.7. The molecular formula is C62H68B2. The molecule has 0 atom stereocenters. The Morgan fingerprint density at radius 3 is 1.08 bits per heavy atom. The topological polar surface area (TPSA) is 0 Å². The molecule has 0 aliphatic carbocycles. The van der Waals surface area contributed by atoms with Crippen LogP contribution >= 0.6 is 0 Å². The SMILES string of the molecule is CC(C)c1c(B2c3cc(C(C)(C)C)ccc3-c3ccc(C(C)(C)C)cc32)cc2ccc3c(B4c5cc(C(C)(C)C)ccc5-c5ccc(C(C)(C)C)cc54)cc(C(C)C)c4ccc1c2c34. The summed E-state index contributed by atoms with van der Waals surface area (Å²) in [6.07, 6.45) is 0. The van der Waals surface area contributed by atoms with Crippen molar-refractivity contribution in [3.8, 4) is 22.3 Å². The highest BCUT2D eigenvalue weighted by Crippen LogP contribution is 2.42. The van der Waals surface area contributed by atoms with Crippen LogP contribution < -0.4 is 32.8 Å².